The minimum Gasteiger partial charge on any atom is -0.493 e. The molecule has 4 nitrogen and oxygen atoms in total. The number of nitrogens with one attached hydrogen (secondary N) is 1. The van der Waals surface area contributed by atoms with Crippen LogP contribution in [-0.2, 0) is 13.0 Å². The Bertz CT molecular complexity index is 676. The smallest absolute Gasteiger partial charge is 0.387 e. The molecule has 0 spiro atoms. The first-order valence-corrected chi connectivity index (χ1v) is 7.71. The summed E-state index contributed by atoms with van der Waals surface area (Å²) in [5.74, 6) is 1.72. The summed E-state index contributed by atoms with van der Waals surface area (Å²) in [6, 6.07) is 12.7. The fourth-order valence-electron chi connectivity index (χ4n) is 2.74. The summed E-state index contributed by atoms with van der Waals surface area (Å²) in [6.07, 6.45) is 0.846. The van der Waals surface area contributed by atoms with Gasteiger partial charge in [-0.15, -0.1) is 0 Å². The molecule has 128 valence electrons. The Balaban J connectivity index is 1.56. The molecule has 2 aromatic rings. The fraction of sp³-hybridized carbons (Fsp3) is 0.333. The predicted octanol–water partition coefficient (Wildman–Crippen LogP) is 3.39. The van der Waals surface area contributed by atoms with E-state index in [-0.39, 0.29) is 11.8 Å². The highest BCUT2D eigenvalue weighted by molar-refractivity contribution is 5.48. The summed E-state index contributed by atoms with van der Waals surface area (Å²) >= 11 is 0. The van der Waals surface area contributed by atoms with Gasteiger partial charge in [0.1, 0.15) is 12.4 Å². The van der Waals surface area contributed by atoms with Crippen molar-refractivity contribution in [1.82, 2.24) is 5.32 Å². The SMILES string of the molecule is COc1cccc2c1OC[C@@H](NCc1ccc(OC(F)F)cc1)C2. The van der Waals surface area contributed by atoms with Gasteiger partial charge in [-0.25, -0.2) is 0 Å². The molecule has 1 aliphatic heterocycles. The van der Waals surface area contributed by atoms with E-state index in [1.807, 2.05) is 18.2 Å². The first-order valence-electron chi connectivity index (χ1n) is 7.71. The molecule has 0 radical (unpaired) electrons. The third-order valence-electron chi connectivity index (χ3n) is 3.92. The number of hydrogen-bond donors (Lipinski definition) is 1. The van der Waals surface area contributed by atoms with Crippen LogP contribution in [0.1, 0.15) is 11.1 Å². The molecule has 0 saturated heterocycles. The van der Waals surface area contributed by atoms with Gasteiger partial charge in [0.15, 0.2) is 11.5 Å². The van der Waals surface area contributed by atoms with E-state index in [1.165, 1.54) is 0 Å². The van der Waals surface area contributed by atoms with E-state index < -0.39 is 6.61 Å². The second kappa shape index (κ2) is 7.49. The van der Waals surface area contributed by atoms with Gasteiger partial charge in [0.05, 0.1) is 7.11 Å². The Kier molecular flexibility index (Phi) is 5.15. The molecular formula is C18H19F2NO3. The van der Waals surface area contributed by atoms with Gasteiger partial charge in [-0.3, -0.25) is 0 Å². The number of hydrogen-bond acceptors (Lipinski definition) is 4. The fourth-order valence-corrected chi connectivity index (χ4v) is 2.74. The van der Waals surface area contributed by atoms with Gasteiger partial charge in [0.25, 0.3) is 0 Å². The quantitative estimate of drug-likeness (QED) is 0.878. The van der Waals surface area contributed by atoms with Crippen LogP contribution >= 0.6 is 0 Å². The van der Waals surface area contributed by atoms with Crippen molar-refractivity contribution in [3.8, 4) is 17.2 Å². The number of para-hydroxylation sites is 1. The Labute approximate surface area is 139 Å². The maximum Gasteiger partial charge on any atom is 0.387 e. The molecule has 1 aliphatic rings. The molecule has 0 unspecified atom stereocenters. The van der Waals surface area contributed by atoms with E-state index in [4.69, 9.17) is 9.47 Å². The van der Waals surface area contributed by atoms with E-state index in [0.717, 1.165) is 29.0 Å². The number of methoxy groups -OCH3 is 1. The van der Waals surface area contributed by atoms with Crippen molar-refractivity contribution in [2.75, 3.05) is 13.7 Å². The summed E-state index contributed by atoms with van der Waals surface area (Å²) in [6.45, 7) is -1.62. The Morgan fingerprint density at radius 3 is 2.71 bits per heavy atom. The van der Waals surface area contributed by atoms with Gasteiger partial charge in [-0.05, 0) is 35.7 Å². The van der Waals surface area contributed by atoms with E-state index in [1.54, 1.807) is 31.4 Å². The van der Waals surface area contributed by atoms with Crippen molar-refractivity contribution in [3.05, 3.63) is 53.6 Å². The Morgan fingerprint density at radius 2 is 2.00 bits per heavy atom. The molecular weight excluding hydrogens is 316 g/mol. The van der Waals surface area contributed by atoms with Crippen LogP contribution in [0.4, 0.5) is 8.78 Å². The van der Waals surface area contributed by atoms with E-state index in [2.05, 4.69) is 10.1 Å². The highest BCUT2D eigenvalue weighted by atomic mass is 19.3. The molecule has 1 heterocycles. The molecule has 0 fully saturated rings. The molecule has 1 N–H and O–H groups in total. The largest absolute Gasteiger partial charge is 0.493 e. The maximum atomic E-state index is 12.1. The lowest BCUT2D eigenvalue weighted by molar-refractivity contribution is -0.0498. The molecule has 1 atom stereocenters. The predicted molar refractivity (Wildman–Crippen MR) is 85.9 cm³/mol. The molecule has 0 aromatic heterocycles. The Hall–Kier alpha value is -2.34. The third kappa shape index (κ3) is 3.94. The summed E-state index contributed by atoms with van der Waals surface area (Å²) in [5, 5.41) is 3.42. The first-order chi connectivity index (χ1) is 11.7. The molecule has 0 aliphatic carbocycles. The zero-order chi connectivity index (χ0) is 16.9. The van der Waals surface area contributed by atoms with Crippen molar-refractivity contribution in [3.63, 3.8) is 0 Å². The molecule has 6 heteroatoms. The second-order valence-corrected chi connectivity index (χ2v) is 5.56. The summed E-state index contributed by atoms with van der Waals surface area (Å²) in [7, 11) is 1.63. The van der Waals surface area contributed by atoms with Crippen LogP contribution in [0.2, 0.25) is 0 Å². The maximum absolute atomic E-state index is 12.1. The standard InChI is InChI=1S/C18H19F2NO3/c1-22-16-4-2-3-13-9-14(11-23-17(13)16)21-10-12-5-7-15(8-6-12)24-18(19)20/h2-8,14,18,21H,9-11H2,1H3/t14-/m0/s1. The van der Waals surface area contributed by atoms with Crippen LogP contribution in [0.15, 0.2) is 42.5 Å². The molecule has 0 saturated carbocycles. The van der Waals surface area contributed by atoms with Crippen molar-refractivity contribution < 1.29 is 23.0 Å². The summed E-state index contributed by atoms with van der Waals surface area (Å²) in [4.78, 5) is 0. The van der Waals surface area contributed by atoms with Crippen LogP contribution in [-0.4, -0.2) is 26.4 Å². The molecule has 0 bridgehead atoms. The number of rotatable bonds is 6. The zero-order valence-corrected chi connectivity index (χ0v) is 13.3. The molecule has 3 rings (SSSR count). The van der Waals surface area contributed by atoms with Crippen LogP contribution in [0.25, 0.3) is 0 Å². The van der Waals surface area contributed by atoms with Crippen LogP contribution < -0.4 is 19.5 Å². The van der Waals surface area contributed by atoms with Gasteiger partial charge in [-0.2, -0.15) is 8.78 Å². The average molecular weight is 335 g/mol. The normalized spacial score (nSPS) is 16.4. The molecule has 24 heavy (non-hydrogen) atoms. The lowest BCUT2D eigenvalue weighted by atomic mass is 10.0. The third-order valence-corrected chi connectivity index (χ3v) is 3.92. The Morgan fingerprint density at radius 1 is 1.21 bits per heavy atom. The summed E-state index contributed by atoms with van der Waals surface area (Å²) in [5.41, 5.74) is 2.10. The van der Waals surface area contributed by atoms with Crippen molar-refractivity contribution in [1.29, 1.82) is 0 Å². The van der Waals surface area contributed by atoms with Gasteiger partial charge in [0.2, 0.25) is 0 Å². The van der Waals surface area contributed by atoms with E-state index >= 15 is 0 Å². The van der Waals surface area contributed by atoms with E-state index in [9.17, 15) is 8.78 Å². The average Bonchev–Trinajstić information content (AvgIpc) is 2.60. The van der Waals surface area contributed by atoms with Crippen LogP contribution in [0, 0.1) is 0 Å². The molecule has 2 aromatic carbocycles. The number of ether oxygens (including phenoxy) is 3. The topological polar surface area (TPSA) is 39.7 Å². The summed E-state index contributed by atoms with van der Waals surface area (Å²) < 4.78 is 39.7. The van der Waals surface area contributed by atoms with E-state index in [0.29, 0.717) is 13.2 Å². The number of benzene rings is 2. The van der Waals surface area contributed by atoms with Gasteiger partial charge in [-0.1, -0.05) is 24.3 Å². The lowest BCUT2D eigenvalue weighted by Crippen LogP contribution is -2.38. The number of alkyl halides is 2. The number of fused-ring (bicyclic) bond motifs is 1. The van der Waals surface area contributed by atoms with Gasteiger partial charge in [0, 0.05) is 12.6 Å². The second-order valence-electron chi connectivity index (χ2n) is 5.56. The van der Waals surface area contributed by atoms with Crippen molar-refractivity contribution in [2.24, 2.45) is 0 Å². The van der Waals surface area contributed by atoms with Crippen LogP contribution in [0.3, 0.4) is 0 Å². The monoisotopic (exact) mass is 335 g/mol. The van der Waals surface area contributed by atoms with Gasteiger partial charge >= 0.3 is 6.61 Å². The highest BCUT2D eigenvalue weighted by Crippen LogP contribution is 2.34. The number of halogens is 2. The minimum atomic E-state index is -2.80. The lowest BCUT2D eigenvalue weighted by Gasteiger charge is -2.27. The minimum absolute atomic E-state index is 0.163. The van der Waals surface area contributed by atoms with Crippen molar-refractivity contribution in [2.45, 2.75) is 25.6 Å². The molecule has 0 amide bonds. The van der Waals surface area contributed by atoms with Gasteiger partial charge < -0.3 is 19.5 Å². The zero-order valence-electron chi connectivity index (χ0n) is 13.3. The van der Waals surface area contributed by atoms with Crippen molar-refractivity contribution >= 4 is 0 Å². The first kappa shape index (κ1) is 16.5. The highest BCUT2D eigenvalue weighted by Gasteiger charge is 2.22. The van der Waals surface area contributed by atoms with Crippen LogP contribution in [0.5, 0.6) is 17.2 Å².